The second kappa shape index (κ2) is 5.16. The third-order valence-corrected chi connectivity index (χ3v) is 4.32. The van der Waals surface area contributed by atoms with Crippen LogP contribution in [0, 0.1) is 0 Å². The molecule has 0 atom stereocenters. The van der Waals surface area contributed by atoms with E-state index in [1.165, 1.54) is 0 Å². The van der Waals surface area contributed by atoms with Gasteiger partial charge in [-0.25, -0.2) is 4.79 Å². The average Bonchev–Trinajstić information content (AvgIpc) is 3.02. The van der Waals surface area contributed by atoms with E-state index in [2.05, 4.69) is 13.8 Å². The number of carbonyl (C=O) groups excluding carboxylic acids is 1. The molecule has 5 nitrogen and oxygen atoms in total. The first-order valence-corrected chi connectivity index (χ1v) is 7.56. The molecule has 0 aliphatic carbocycles. The van der Waals surface area contributed by atoms with Crippen molar-refractivity contribution in [3.05, 3.63) is 29.5 Å². The summed E-state index contributed by atoms with van der Waals surface area (Å²) in [5.74, 6) is -0.612. The molecule has 1 N–H and O–H groups in total. The van der Waals surface area contributed by atoms with E-state index >= 15 is 0 Å². The number of aryl methyl sites for hydroxylation is 1. The molecule has 0 saturated carbocycles. The highest BCUT2D eigenvalue weighted by Crippen LogP contribution is 2.36. The van der Waals surface area contributed by atoms with E-state index in [0.29, 0.717) is 18.7 Å². The van der Waals surface area contributed by atoms with Gasteiger partial charge in [0.2, 0.25) is 5.91 Å². The van der Waals surface area contributed by atoms with Gasteiger partial charge in [-0.3, -0.25) is 4.79 Å². The van der Waals surface area contributed by atoms with Crippen LogP contribution in [0.1, 0.15) is 48.5 Å². The molecule has 1 saturated heterocycles. The standard InChI is InChI=1S/C17H20N2O3/c1-10(2)13-9-18(3)16-12(13)7-11(17(21)22)8-14(16)19-6-4-5-15(19)20/h7-10H,4-6H2,1-3H3,(H,21,22). The number of aromatic carboxylic acids is 1. The number of fused-ring (bicyclic) bond motifs is 1. The van der Waals surface area contributed by atoms with Gasteiger partial charge in [0.05, 0.1) is 16.8 Å². The Kier molecular flexibility index (Phi) is 3.43. The zero-order chi connectivity index (χ0) is 16.0. The molecule has 5 heteroatoms. The molecule has 0 unspecified atom stereocenters. The lowest BCUT2D eigenvalue weighted by atomic mass is 10.00. The first-order valence-electron chi connectivity index (χ1n) is 7.56. The molecule has 1 aliphatic rings. The summed E-state index contributed by atoms with van der Waals surface area (Å²) in [6, 6.07) is 3.34. The van der Waals surface area contributed by atoms with Crippen LogP contribution in [0.5, 0.6) is 0 Å². The van der Waals surface area contributed by atoms with Gasteiger partial charge in [0.1, 0.15) is 0 Å². The average molecular weight is 300 g/mol. The molecule has 1 aromatic carbocycles. The monoisotopic (exact) mass is 300 g/mol. The topological polar surface area (TPSA) is 62.5 Å². The summed E-state index contributed by atoms with van der Waals surface area (Å²) in [6.07, 6.45) is 3.38. The fourth-order valence-corrected chi connectivity index (χ4v) is 3.24. The van der Waals surface area contributed by atoms with Crippen LogP contribution in [0.3, 0.4) is 0 Å². The minimum Gasteiger partial charge on any atom is -0.478 e. The Balaban J connectivity index is 2.34. The van der Waals surface area contributed by atoms with Crippen molar-refractivity contribution >= 4 is 28.5 Å². The molecule has 2 heterocycles. The number of benzene rings is 1. The van der Waals surface area contributed by atoms with Gasteiger partial charge in [-0.05, 0) is 30.0 Å². The molecule has 0 radical (unpaired) electrons. The van der Waals surface area contributed by atoms with Crippen LogP contribution < -0.4 is 4.90 Å². The molecular weight excluding hydrogens is 280 g/mol. The largest absolute Gasteiger partial charge is 0.478 e. The van der Waals surface area contributed by atoms with Gasteiger partial charge in [0.25, 0.3) is 0 Å². The first kappa shape index (κ1) is 14.6. The highest BCUT2D eigenvalue weighted by molar-refractivity contribution is 6.07. The Morgan fingerprint density at radius 1 is 1.32 bits per heavy atom. The molecule has 2 aromatic rings. The van der Waals surface area contributed by atoms with E-state index in [1.54, 1.807) is 17.0 Å². The quantitative estimate of drug-likeness (QED) is 0.947. The highest BCUT2D eigenvalue weighted by atomic mass is 16.4. The van der Waals surface area contributed by atoms with Crippen LogP contribution in [0.4, 0.5) is 5.69 Å². The first-order chi connectivity index (χ1) is 10.4. The molecule has 1 aliphatic heterocycles. The number of amides is 1. The second-order valence-corrected chi connectivity index (χ2v) is 6.20. The maximum atomic E-state index is 12.1. The fraction of sp³-hybridized carbons (Fsp3) is 0.412. The van der Waals surface area contributed by atoms with Crippen LogP contribution in [0.15, 0.2) is 18.3 Å². The van der Waals surface area contributed by atoms with Crippen molar-refractivity contribution in [3.63, 3.8) is 0 Å². The van der Waals surface area contributed by atoms with Gasteiger partial charge in [-0.1, -0.05) is 13.8 Å². The Hall–Kier alpha value is -2.30. The minimum absolute atomic E-state index is 0.0659. The number of anilines is 1. The van der Waals surface area contributed by atoms with Gasteiger partial charge in [-0.15, -0.1) is 0 Å². The van der Waals surface area contributed by atoms with E-state index < -0.39 is 5.97 Å². The molecule has 22 heavy (non-hydrogen) atoms. The van der Waals surface area contributed by atoms with Crippen molar-refractivity contribution in [2.75, 3.05) is 11.4 Å². The number of carboxylic acids is 1. The number of hydrogen-bond donors (Lipinski definition) is 1. The predicted octanol–water partition coefficient (Wildman–Crippen LogP) is 3.13. The lowest BCUT2D eigenvalue weighted by molar-refractivity contribution is -0.117. The van der Waals surface area contributed by atoms with E-state index in [4.69, 9.17) is 0 Å². The smallest absolute Gasteiger partial charge is 0.335 e. The Morgan fingerprint density at radius 2 is 2.05 bits per heavy atom. The Labute approximate surface area is 129 Å². The van der Waals surface area contributed by atoms with E-state index in [9.17, 15) is 14.7 Å². The van der Waals surface area contributed by atoms with Gasteiger partial charge in [-0.2, -0.15) is 0 Å². The van der Waals surface area contributed by atoms with Crippen molar-refractivity contribution in [1.29, 1.82) is 0 Å². The summed E-state index contributed by atoms with van der Waals surface area (Å²) in [5.41, 5.74) is 2.99. The normalized spacial score (nSPS) is 15.3. The molecule has 3 rings (SSSR count). The van der Waals surface area contributed by atoms with Crippen LogP contribution in [0.2, 0.25) is 0 Å². The molecule has 0 bridgehead atoms. The van der Waals surface area contributed by atoms with Gasteiger partial charge >= 0.3 is 5.97 Å². The van der Waals surface area contributed by atoms with Crippen molar-refractivity contribution in [2.45, 2.75) is 32.6 Å². The van der Waals surface area contributed by atoms with Crippen molar-refractivity contribution < 1.29 is 14.7 Å². The second-order valence-electron chi connectivity index (χ2n) is 6.20. The van der Waals surface area contributed by atoms with Crippen LogP contribution in [-0.4, -0.2) is 28.1 Å². The third kappa shape index (κ3) is 2.17. The number of nitrogens with zero attached hydrogens (tertiary/aromatic N) is 2. The van der Waals surface area contributed by atoms with Crippen molar-refractivity contribution in [3.8, 4) is 0 Å². The lowest BCUT2D eigenvalue weighted by Crippen LogP contribution is -2.24. The van der Waals surface area contributed by atoms with E-state index in [0.717, 1.165) is 22.9 Å². The van der Waals surface area contributed by atoms with Crippen molar-refractivity contribution in [1.82, 2.24) is 4.57 Å². The number of carboxylic acid groups (broad SMARTS) is 1. The third-order valence-electron chi connectivity index (χ3n) is 4.32. The number of aromatic nitrogens is 1. The zero-order valence-electron chi connectivity index (χ0n) is 13.1. The molecular formula is C17H20N2O3. The molecule has 1 amide bonds. The summed E-state index contributed by atoms with van der Waals surface area (Å²) >= 11 is 0. The zero-order valence-corrected chi connectivity index (χ0v) is 13.1. The lowest BCUT2D eigenvalue weighted by Gasteiger charge is -2.19. The summed E-state index contributed by atoms with van der Waals surface area (Å²) < 4.78 is 2.00. The minimum atomic E-state index is -0.964. The van der Waals surface area contributed by atoms with Crippen LogP contribution in [-0.2, 0) is 11.8 Å². The summed E-state index contributed by atoms with van der Waals surface area (Å²) in [6.45, 7) is 4.82. The molecule has 1 aromatic heterocycles. The summed E-state index contributed by atoms with van der Waals surface area (Å²) in [7, 11) is 1.94. The Morgan fingerprint density at radius 3 is 2.59 bits per heavy atom. The maximum absolute atomic E-state index is 12.1. The van der Waals surface area contributed by atoms with Crippen LogP contribution in [0.25, 0.3) is 10.9 Å². The summed E-state index contributed by atoms with van der Waals surface area (Å²) in [4.78, 5) is 25.3. The predicted molar refractivity (Wildman–Crippen MR) is 85.6 cm³/mol. The van der Waals surface area contributed by atoms with Crippen LogP contribution >= 0.6 is 0 Å². The molecule has 0 spiro atoms. The number of hydrogen-bond acceptors (Lipinski definition) is 2. The van der Waals surface area contributed by atoms with E-state index in [-0.39, 0.29) is 17.4 Å². The SMILES string of the molecule is CC(C)c1cn(C)c2c(N3CCCC3=O)cc(C(=O)O)cc12. The van der Waals surface area contributed by atoms with Gasteiger partial charge in [0, 0.05) is 31.6 Å². The molecule has 116 valence electrons. The van der Waals surface area contributed by atoms with Gasteiger partial charge < -0.3 is 14.6 Å². The highest BCUT2D eigenvalue weighted by Gasteiger charge is 2.26. The maximum Gasteiger partial charge on any atom is 0.335 e. The van der Waals surface area contributed by atoms with Gasteiger partial charge in [0.15, 0.2) is 0 Å². The fourth-order valence-electron chi connectivity index (χ4n) is 3.24. The summed E-state index contributed by atoms with van der Waals surface area (Å²) in [5, 5.41) is 10.3. The van der Waals surface area contributed by atoms with E-state index in [1.807, 2.05) is 17.8 Å². The number of rotatable bonds is 3. The number of carbonyl (C=O) groups is 2. The Bertz CT molecular complexity index is 774. The molecule has 1 fully saturated rings. The van der Waals surface area contributed by atoms with Crippen molar-refractivity contribution in [2.24, 2.45) is 7.05 Å².